The second-order valence-electron chi connectivity index (χ2n) is 9.12. The van der Waals surface area contributed by atoms with E-state index >= 15 is 0 Å². The summed E-state index contributed by atoms with van der Waals surface area (Å²) in [4.78, 5) is 7.47. The predicted molar refractivity (Wildman–Crippen MR) is 111 cm³/mol. The molecule has 2 N–H and O–H groups in total. The molecule has 2 aliphatic rings. The van der Waals surface area contributed by atoms with Crippen molar-refractivity contribution in [1.29, 1.82) is 0 Å². The van der Waals surface area contributed by atoms with Crippen LogP contribution in [0, 0.1) is 17.3 Å². The van der Waals surface area contributed by atoms with Crippen LogP contribution in [0.1, 0.15) is 60.3 Å². The Morgan fingerprint density at radius 2 is 2.00 bits per heavy atom. The molecule has 5 nitrogen and oxygen atoms in total. The van der Waals surface area contributed by atoms with Crippen molar-refractivity contribution >= 4 is 5.96 Å². The lowest BCUT2D eigenvalue weighted by Crippen LogP contribution is -2.47. The van der Waals surface area contributed by atoms with Gasteiger partial charge in [-0.05, 0) is 57.0 Å². The molecule has 152 valence electrons. The number of nitrogens with zero attached hydrogens (tertiary/aromatic N) is 2. The molecule has 5 heteroatoms. The Bertz CT molecular complexity index is 432. The summed E-state index contributed by atoms with van der Waals surface area (Å²) in [5, 5.41) is 7.02. The maximum absolute atomic E-state index is 6.12. The SMILES string of the molecule is CCCN1CCC(CN=C(NCC)NCC2CCCOC2C(C)(C)C)C1. The first-order chi connectivity index (χ1) is 12.4. The van der Waals surface area contributed by atoms with E-state index in [4.69, 9.17) is 9.73 Å². The van der Waals surface area contributed by atoms with Gasteiger partial charge in [-0.3, -0.25) is 4.99 Å². The fourth-order valence-corrected chi connectivity index (χ4v) is 4.38. The maximum atomic E-state index is 6.12. The van der Waals surface area contributed by atoms with Gasteiger partial charge in [0, 0.05) is 38.7 Å². The van der Waals surface area contributed by atoms with E-state index in [0.717, 1.165) is 32.2 Å². The van der Waals surface area contributed by atoms with Crippen molar-refractivity contribution in [2.75, 3.05) is 45.9 Å². The lowest BCUT2D eigenvalue weighted by molar-refractivity contribution is -0.0835. The van der Waals surface area contributed by atoms with Crippen molar-refractivity contribution in [3.8, 4) is 0 Å². The predicted octanol–water partition coefficient (Wildman–Crippen LogP) is 3.11. The second kappa shape index (κ2) is 10.5. The molecule has 2 rings (SSSR count). The van der Waals surface area contributed by atoms with Crippen molar-refractivity contribution in [2.24, 2.45) is 22.2 Å². The second-order valence-corrected chi connectivity index (χ2v) is 9.12. The number of nitrogens with one attached hydrogen (secondary N) is 2. The van der Waals surface area contributed by atoms with Crippen molar-refractivity contribution < 1.29 is 4.74 Å². The third kappa shape index (κ3) is 6.73. The van der Waals surface area contributed by atoms with Crippen molar-refractivity contribution in [3.63, 3.8) is 0 Å². The molecule has 0 spiro atoms. The van der Waals surface area contributed by atoms with E-state index in [9.17, 15) is 0 Å². The van der Waals surface area contributed by atoms with Gasteiger partial charge in [-0.15, -0.1) is 0 Å². The molecule has 0 radical (unpaired) electrons. The number of hydrogen-bond donors (Lipinski definition) is 2. The van der Waals surface area contributed by atoms with Crippen LogP contribution in [-0.2, 0) is 4.74 Å². The van der Waals surface area contributed by atoms with Crippen LogP contribution in [0.2, 0.25) is 0 Å². The first-order valence-electron chi connectivity index (χ1n) is 10.8. The molecule has 2 saturated heterocycles. The molecule has 2 aliphatic heterocycles. The third-order valence-electron chi connectivity index (χ3n) is 5.59. The highest BCUT2D eigenvalue weighted by Crippen LogP contribution is 2.33. The lowest BCUT2D eigenvalue weighted by atomic mass is 9.78. The van der Waals surface area contributed by atoms with Gasteiger partial charge in [0.25, 0.3) is 0 Å². The minimum Gasteiger partial charge on any atom is -0.377 e. The van der Waals surface area contributed by atoms with Crippen LogP contribution in [0.25, 0.3) is 0 Å². The van der Waals surface area contributed by atoms with E-state index in [1.807, 2.05) is 0 Å². The Morgan fingerprint density at radius 1 is 1.19 bits per heavy atom. The molecular weight excluding hydrogens is 324 g/mol. The molecule has 2 fully saturated rings. The molecular formula is C21H42N4O. The summed E-state index contributed by atoms with van der Waals surface area (Å²) in [7, 11) is 0. The summed E-state index contributed by atoms with van der Waals surface area (Å²) >= 11 is 0. The Labute approximate surface area is 161 Å². The van der Waals surface area contributed by atoms with E-state index in [1.54, 1.807) is 0 Å². The minimum atomic E-state index is 0.189. The number of rotatable bonds is 7. The zero-order valence-electron chi connectivity index (χ0n) is 17.8. The standard InChI is InChI=1S/C21H42N4O/c1-6-11-25-12-10-17(16-25)14-23-20(22-7-2)24-15-18-9-8-13-26-19(18)21(3,4)5/h17-19H,6-16H2,1-5H3,(H2,22,23,24). The van der Waals surface area contributed by atoms with Gasteiger partial charge in [0.05, 0.1) is 6.10 Å². The Balaban J connectivity index is 1.85. The minimum absolute atomic E-state index is 0.189. The van der Waals surface area contributed by atoms with E-state index in [1.165, 1.54) is 45.3 Å². The molecule has 3 unspecified atom stereocenters. The zero-order valence-corrected chi connectivity index (χ0v) is 17.8. The number of likely N-dealkylation sites (tertiary alicyclic amines) is 1. The van der Waals surface area contributed by atoms with Crippen LogP contribution in [0.3, 0.4) is 0 Å². The normalized spacial score (nSPS) is 28.3. The summed E-state index contributed by atoms with van der Waals surface area (Å²) in [5.41, 5.74) is 0.189. The number of hydrogen-bond acceptors (Lipinski definition) is 3. The van der Waals surface area contributed by atoms with Gasteiger partial charge in [0.2, 0.25) is 0 Å². The van der Waals surface area contributed by atoms with Crippen LogP contribution < -0.4 is 10.6 Å². The van der Waals surface area contributed by atoms with Crippen LogP contribution in [0.5, 0.6) is 0 Å². The van der Waals surface area contributed by atoms with Gasteiger partial charge < -0.3 is 20.3 Å². The molecule has 3 atom stereocenters. The molecule has 26 heavy (non-hydrogen) atoms. The molecule has 0 aromatic heterocycles. The van der Waals surface area contributed by atoms with Gasteiger partial charge in [-0.2, -0.15) is 0 Å². The van der Waals surface area contributed by atoms with Crippen molar-refractivity contribution in [2.45, 2.75) is 66.4 Å². The fourth-order valence-electron chi connectivity index (χ4n) is 4.38. The molecule has 0 aromatic rings. The summed E-state index contributed by atoms with van der Waals surface area (Å²) in [6.45, 7) is 18.6. The van der Waals surface area contributed by atoms with Crippen LogP contribution in [0.4, 0.5) is 0 Å². The molecule has 0 saturated carbocycles. The van der Waals surface area contributed by atoms with Crippen molar-refractivity contribution in [1.82, 2.24) is 15.5 Å². The van der Waals surface area contributed by atoms with Gasteiger partial charge in [0.1, 0.15) is 0 Å². The molecule has 0 amide bonds. The van der Waals surface area contributed by atoms with E-state index in [2.05, 4.69) is 50.2 Å². The maximum Gasteiger partial charge on any atom is 0.191 e. The quantitative estimate of drug-likeness (QED) is 0.537. The van der Waals surface area contributed by atoms with Crippen LogP contribution in [0.15, 0.2) is 4.99 Å². The largest absolute Gasteiger partial charge is 0.377 e. The van der Waals surface area contributed by atoms with Gasteiger partial charge in [-0.1, -0.05) is 27.7 Å². The highest BCUT2D eigenvalue weighted by Gasteiger charge is 2.35. The number of ether oxygens (including phenoxy) is 1. The Morgan fingerprint density at radius 3 is 2.69 bits per heavy atom. The average molecular weight is 367 g/mol. The number of aliphatic imine (C=N–C) groups is 1. The highest BCUT2D eigenvalue weighted by molar-refractivity contribution is 5.79. The highest BCUT2D eigenvalue weighted by atomic mass is 16.5. The van der Waals surface area contributed by atoms with Crippen molar-refractivity contribution in [3.05, 3.63) is 0 Å². The first-order valence-corrected chi connectivity index (χ1v) is 10.8. The molecule has 2 heterocycles. The zero-order chi connectivity index (χ0) is 19.0. The topological polar surface area (TPSA) is 48.9 Å². The summed E-state index contributed by atoms with van der Waals surface area (Å²) in [5.74, 6) is 2.23. The Kier molecular flexibility index (Phi) is 8.68. The van der Waals surface area contributed by atoms with E-state index in [-0.39, 0.29) is 5.41 Å². The summed E-state index contributed by atoms with van der Waals surface area (Å²) in [6, 6.07) is 0. The molecule has 0 bridgehead atoms. The van der Waals surface area contributed by atoms with Gasteiger partial charge >= 0.3 is 0 Å². The first kappa shape index (κ1) is 21.5. The monoisotopic (exact) mass is 366 g/mol. The lowest BCUT2D eigenvalue weighted by Gasteiger charge is -2.40. The summed E-state index contributed by atoms with van der Waals surface area (Å²) in [6.07, 6.45) is 5.26. The average Bonchev–Trinajstić information content (AvgIpc) is 3.05. The van der Waals surface area contributed by atoms with Crippen LogP contribution in [-0.4, -0.2) is 62.8 Å². The number of guanidine groups is 1. The smallest absolute Gasteiger partial charge is 0.191 e. The van der Waals surface area contributed by atoms with E-state index in [0.29, 0.717) is 17.9 Å². The van der Waals surface area contributed by atoms with Crippen LogP contribution >= 0.6 is 0 Å². The van der Waals surface area contributed by atoms with Gasteiger partial charge in [0.15, 0.2) is 5.96 Å². The van der Waals surface area contributed by atoms with E-state index < -0.39 is 0 Å². The van der Waals surface area contributed by atoms with Gasteiger partial charge in [-0.25, -0.2) is 0 Å². The third-order valence-corrected chi connectivity index (χ3v) is 5.59. The Hall–Kier alpha value is -0.810. The molecule has 0 aliphatic carbocycles. The molecule has 0 aromatic carbocycles. The fraction of sp³-hybridized carbons (Fsp3) is 0.952. The summed E-state index contributed by atoms with van der Waals surface area (Å²) < 4.78 is 6.12.